The molecule has 0 bridgehead atoms. The molecule has 17 heteroatoms. The van der Waals surface area contributed by atoms with Gasteiger partial charge in [-0.15, -0.1) is 0 Å². The van der Waals surface area contributed by atoms with Crippen molar-refractivity contribution in [1.29, 1.82) is 0 Å². The Morgan fingerprint density at radius 1 is 0.690 bits per heavy atom. The number of carbonyl (C=O) groups is 4. The molecule has 0 aliphatic carbocycles. The highest BCUT2D eigenvalue weighted by Gasteiger charge is 2.33. The Bertz CT molecular complexity index is 3200. The van der Waals surface area contributed by atoms with Crippen LogP contribution in [0.25, 0.3) is 21.3 Å². The fourth-order valence-electron chi connectivity index (χ4n) is 11.3. The molecule has 5 heterocycles. The van der Waals surface area contributed by atoms with E-state index in [2.05, 4.69) is 73.8 Å². The number of piperidine rings is 2. The number of hydrogen-bond donors (Lipinski definition) is 1. The van der Waals surface area contributed by atoms with Crippen molar-refractivity contribution in [1.82, 2.24) is 19.8 Å². The molecule has 1 amide bonds. The Morgan fingerprint density at radius 3 is 1.85 bits per heavy atom. The number of carbonyl (C=O) groups excluding carboxylic acids is 4. The summed E-state index contributed by atoms with van der Waals surface area (Å²) < 4.78 is 30.3. The maximum Gasteiger partial charge on any atom is 0.358 e. The highest BCUT2D eigenvalue weighted by molar-refractivity contribution is 9.10. The van der Waals surface area contributed by atoms with Crippen molar-refractivity contribution in [2.75, 3.05) is 82.5 Å². The van der Waals surface area contributed by atoms with Crippen LogP contribution in [0, 0.1) is 24.7 Å². The lowest BCUT2D eigenvalue weighted by Gasteiger charge is -2.39. The van der Waals surface area contributed by atoms with Crippen LogP contribution in [0.15, 0.2) is 95.5 Å². The van der Waals surface area contributed by atoms with Gasteiger partial charge < -0.3 is 28.6 Å². The molecule has 0 atom stereocenters. The third-order valence-corrected chi connectivity index (χ3v) is 18.1. The molecule has 15 nitrogen and oxygen atoms in total. The van der Waals surface area contributed by atoms with Gasteiger partial charge in [-0.05, 0) is 232 Å². The van der Waals surface area contributed by atoms with Gasteiger partial charge in [-0.25, -0.2) is 14.8 Å². The molecular weight excluding hydrogens is 1140 g/mol. The number of rotatable bonds is 21. The van der Waals surface area contributed by atoms with E-state index in [1.165, 1.54) is 16.9 Å². The van der Waals surface area contributed by atoms with Gasteiger partial charge in [0.2, 0.25) is 0 Å². The molecule has 2 fully saturated rings. The number of nitrogens with zero attached hydrogens (tertiary/aromatic N) is 5. The molecule has 1 N–H and O–H groups in total. The van der Waals surface area contributed by atoms with Crippen molar-refractivity contribution in [3.63, 3.8) is 0 Å². The second-order valence-corrected chi connectivity index (χ2v) is 26.1. The molecule has 4 aromatic carbocycles. The van der Waals surface area contributed by atoms with Crippen LogP contribution in [-0.2, 0) is 36.8 Å². The quantitative estimate of drug-likeness (QED) is 0.0411. The third-order valence-electron chi connectivity index (χ3n) is 16.3. The minimum atomic E-state index is -0.717. The zero-order valence-electron chi connectivity index (χ0n) is 50.7. The minimum Gasteiger partial charge on any atom is -0.494 e. The maximum atomic E-state index is 13.9. The number of para-hydroxylation sites is 1. The van der Waals surface area contributed by atoms with Crippen LogP contribution >= 0.6 is 27.3 Å². The van der Waals surface area contributed by atoms with Gasteiger partial charge in [0.05, 0.1) is 49.7 Å². The first-order chi connectivity index (χ1) is 40.2. The van der Waals surface area contributed by atoms with Gasteiger partial charge in [0, 0.05) is 28.7 Å². The number of esters is 3. The standard InChI is InChI=1S/C47H55N5O6S.C20H30BrNO3/c1-7-56-41(53)30-51-25-22-47(6,23-26-51)21-11-27-57-33-16-17-34(31(2)28-33)35-18-19-40(49-42(35)44(55)58-46(3,4)5)52-24-20-32-12-10-13-36(37(32)29-52)43(54)50-45-48-38-14-8-9-15-39(38)59-45;1-4-24-19(23)15-22-11-9-20(3,10-12-22)8-5-13-25-17-6-7-18(21)16(2)14-17/h8-10,12-19,28H,7,11,20-27,29-30H2,1-6H3,(H,48,50,54);6-7,14H,4-5,8-13,15H2,1-3H3. The topological polar surface area (TPSA) is 162 Å². The Labute approximate surface area is 509 Å². The number of aromatic nitrogens is 2. The van der Waals surface area contributed by atoms with Gasteiger partial charge in [-0.2, -0.15) is 0 Å². The summed E-state index contributed by atoms with van der Waals surface area (Å²) in [7, 11) is 0. The predicted octanol–water partition coefficient (Wildman–Crippen LogP) is 13.8. The van der Waals surface area contributed by atoms with Crippen LogP contribution in [0.2, 0.25) is 0 Å². The first-order valence-corrected chi connectivity index (χ1v) is 31.5. The summed E-state index contributed by atoms with van der Waals surface area (Å²) in [5.74, 6) is 1.39. The molecule has 84 heavy (non-hydrogen) atoms. The van der Waals surface area contributed by atoms with Crippen molar-refractivity contribution < 1.29 is 42.9 Å². The average Bonchev–Trinajstić information content (AvgIpc) is 3.97. The number of likely N-dealkylation sites (tertiary alicyclic amines) is 2. The molecule has 2 saturated heterocycles. The summed E-state index contributed by atoms with van der Waals surface area (Å²) in [5.41, 5.74) is 7.28. The second kappa shape index (κ2) is 29.1. The number of ether oxygens (including phenoxy) is 5. The molecule has 2 aromatic heterocycles. The SMILES string of the molecule is CCOC(=O)CN1CCC(C)(CCCOc2ccc(-c3ccc(N4CCc5cccc(C(=O)Nc6nc7ccccc7s6)c5C4)nc3C(=O)OC(C)(C)C)c(C)c2)CC1.CCOC(=O)CN1CCC(C)(CCCOc2ccc(Br)c(C)c2)CC1. The number of amides is 1. The number of benzene rings is 4. The lowest BCUT2D eigenvalue weighted by Crippen LogP contribution is -2.41. The summed E-state index contributed by atoms with van der Waals surface area (Å²) in [6.45, 7) is 25.9. The van der Waals surface area contributed by atoms with Gasteiger partial charge in [-0.3, -0.25) is 29.5 Å². The van der Waals surface area contributed by atoms with Crippen molar-refractivity contribution in [2.24, 2.45) is 10.8 Å². The first kappa shape index (κ1) is 63.6. The Balaban J connectivity index is 0.000000307. The van der Waals surface area contributed by atoms with Gasteiger partial charge in [-0.1, -0.05) is 71.4 Å². The molecule has 6 aromatic rings. The molecule has 0 radical (unpaired) electrons. The summed E-state index contributed by atoms with van der Waals surface area (Å²) in [5, 5.41) is 3.58. The number of pyridine rings is 1. The predicted molar refractivity (Wildman–Crippen MR) is 338 cm³/mol. The van der Waals surface area contributed by atoms with Gasteiger partial charge in [0.1, 0.15) is 22.9 Å². The average molecular weight is 1230 g/mol. The van der Waals surface area contributed by atoms with Gasteiger partial charge in [0.15, 0.2) is 10.8 Å². The maximum absolute atomic E-state index is 13.9. The van der Waals surface area contributed by atoms with E-state index in [4.69, 9.17) is 28.7 Å². The molecule has 3 aliphatic rings. The van der Waals surface area contributed by atoms with Crippen molar-refractivity contribution >= 4 is 72.2 Å². The molecule has 450 valence electrons. The molecule has 0 unspecified atom stereocenters. The number of aryl methyl sites for hydroxylation is 2. The van der Waals surface area contributed by atoms with Crippen LogP contribution < -0.4 is 19.7 Å². The summed E-state index contributed by atoms with van der Waals surface area (Å²) in [4.78, 5) is 67.1. The van der Waals surface area contributed by atoms with E-state index in [0.29, 0.717) is 73.5 Å². The van der Waals surface area contributed by atoms with Crippen molar-refractivity contribution in [2.45, 2.75) is 132 Å². The zero-order valence-corrected chi connectivity index (χ0v) is 53.1. The van der Waals surface area contributed by atoms with E-state index in [9.17, 15) is 19.2 Å². The molecule has 0 saturated carbocycles. The number of hydrogen-bond acceptors (Lipinski definition) is 15. The van der Waals surface area contributed by atoms with E-state index in [0.717, 1.165) is 139 Å². The van der Waals surface area contributed by atoms with Crippen LogP contribution in [0.4, 0.5) is 10.9 Å². The molecule has 9 rings (SSSR count). The van der Waals surface area contributed by atoms with Crippen molar-refractivity contribution in [3.8, 4) is 22.6 Å². The normalized spacial score (nSPS) is 16.0. The Hall–Kier alpha value is -6.40. The van der Waals surface area contributed by atoms with Crippen LogP contribution in [-0.4, -0.2) is 121 Å². The summed E-state index contributed by atoms with van der Waals surface area (Å²) in [6, 6.07) is 29.6. The summed E-state index contributed by atoms with van der Waals surface area (Å²) >= 11 is 4.96. The fraction of sp³-hybridized carbons (Fsp3) is 0.493. The number of fused-ring (bicyclic) bond motifs is 2. The zero-order chi connectivity index (χ0) is 60.0. The van der Waals surface area contributed by atoms with Crippen LogP contribution in [0.5, 0.6) is 11.5 Å². The van der Waals surface area contributed by atoms with E-state index >= 15 is 0 Å². The second-order valence-electron chi connectivity index (χ2n) is 24.2. The lowest BCUT2D eigenvalue weighted by molar-refractivity contribution is -0.145. The third kappa shape index (κ3) is 17.8. The Morgan fingerprint density at radius 2 is 1.27 bits per heavy atom. The largest absolute Gasteiger partial charge is 0.494 e. The van der Waals surface area contributed by atoms with Gasteiger partial charge >= 0.3 is 17.9 Å². The number of anilines is 2. The highest BCUT2D eigenvalue weighted by atomic mass is 79.9. The van der Waals surface area contributed by atoms with Gasteiger partial charge in [0.25, 0.3) is 5.91 Å². The van der Waals surface area contributed by atoms with Crippen LogP contribution in [0.3, 0.4) is 0 Å². The van der Waals surface area contributed by atoms with E-state index < -0.39 is 11.6 Å². The monoisotopic (exact) mass is 1230 g/mol. The highest BCUT2D eigenvalue weighted by Crippen LogP contribution is 2.38. The minimum absolute atomic E-state index is 0.107. The number of nitrogens with one attached hydrogen (secondary N) is 1. The first-order valence-electron chi connectivity index (χ1n) is 29.8. The number of halogens is 1. The van der Waals surface area contributed by atoms with E-state index in [1.54, 1.807) is 0 Å². The molecule has 3 aliphatic heterocycles. The molecular formula is C67H85BrN6O9S. The summed E-state index contributed by atoms with van der Waals surface area (Å²) in [6.07, 6.45) is 9.27. The van der Waals surface area contributed by atoms with E-state index in [1.807, 2.05) is 120 Å². The fourth-order valence-corrected chi connectivity index (χ4v) is 12.4. The van der Waals surface area contributed by atoms with Crippen molar-refractivity contribution in [3.05, 3.63) is 129 Å². The molecule has 0 spiro atoms. The number of thiazole rings is 1. The Kier molecular flexibility index (Phi) is 22.1. The lowest BCUT2D eigenvalue weighted by atomic mass is 9.77. The smallest absolute Gasteiger partial charge is 0.358 e. The van der Waals surface area contributed by atoms with E-state index in [-0.39, 0.29) is 29.0 Å². The van der Waals surface area contributed by atoms with Crippen LogP contribution in [0.1, 0.15) is 143 Å².